The molecule has 5 nitrogen and oxygen atoms in total. The van der Waals surface area contributed by atoms with Crippen LogP contribution in [0.5, 0.6) is 0 Å². The minimum atomic E-state index is -0.325. The maximum atomic E-state index is 13.5. The van der Waals surface area contributed by atoms with Crippen molar-refractivity contribution in [1.29, 1.82) is 0 Å². The van der Waals surface area contributed by atoms with Crippen LogP contribution >= 0.6 is 15.9 Å². The van der Waals surface area contributed by atoms with Crippen molar-refractivity contribution < 1.29 is 9.59 Å². The summed E-state index contributed by atoms with van der Waals surface area (Å²) in [5.74, 6) is 1.27. The predicted molar refractivity (Wildman–Crippen MR) is 128 cm³/mol. The summed E-state index contributed by atoms with van der Waals surface area (Å²) in [6.45, 7) is 5.18. The minimum Gasteiger partial charge on any atom is -0.340 e. The van der Waals surface area contributed by atoms with Gasteiger partial charge >= 0.3 is 0 Å². The van der Waals surface area contributed by atoms with Crippen molar-refractivity contribution >= 4 is 27.7 Å². The lowest BCUT2D eigenvalue weighted by Crippen LogP contribution is -2.57. The van der Waals surface area contributed by atoms with E-state index in [9.17, 15) is 9.59 Å². The SMILES string of the molecule is O=C(C1CCC(=O)N1Cc1ccccc1Br)N1CC2CC(CN(Cc3ccccc3)C2)C1. The lowest BCUT2D eigenvalue weighted by atomic mass is 9.84. The Bertz CT molecular complexity index is 968. The van der Waals surface area contributed by atoms with E-state index in [1.165, 1.54) is 12.0 Å². The van der Waals surface area contributed by atoms with Gasteiger partial charge in [-0.1, -0.05) is 64.5 Å². The number of nitrogens with zero attached hydrogens (tertiary/aromatic N) is 3. The number of fused-ring (bicyclic) bond motifs is 2. The van der Waals surface area contributed by atoms with Crippen molar-refractivity contribution in [3.8, 4) is 0 Å². The van der Waals surface area contributed by atoms with Crippen molar-refractivity contribution in [1.82, 2.24) is 14.7 Å². The summed E-state index contributed by atoms with van der Waals surface area (Å²) >= 11 is 3.58. The number of likely N-dealkylation sites (tertiary alicyclic amines) is 3. The van der Waals surface area contributed by atoms with Crippen LogP contribution in [0, 0.1) is 11.8 Å². The lowest BCUT2D eigenvalue weighted by molar-refractivity contribution is -0.145. The number of hydrogen-bond donors (Lipinski definition) is 0. The average Bonchev–Trinajstić information content (AvgIpc) is 3.15. The molecule has 6 heteroatoms. The van der Waals surface area contributed by atoms with E-state index in [1.54, 1.807) is 4.90 Å². The second kappa shape index (κ2) is 9.36. The maximum Gasteiger partial charge on any atom is 0.245 e. The summed E-state index contributed by atoms with van der Waals surface area (Å²) in [6.07, 6.45) is 2.31. The number of carbonyl (C=O) groups is 2. The summed E-state index contributed by atoms with van der Waals surface area (Å²) in [4.78, 5) is 32.6. The van der Waals surface area contributed by atoms with Crippen molar-refractivity contribution in [2.45, 2.75) is 38.4 Å². The van der Waals surface area contributed by atoms with Crippen LogP contribution in [0.2, 0.25) is 0 Å². The van der Waals surface area contributed by atoms with Gasteiger partial charge in [-0.05, 0) is 41.9 Å². The molecule has 0 radical (unpaired) electrons. The molecule has 2 aromatic carbocycles. The number of piperidine rings is 2. The van der Waals surface area contributed by atoms with E-state index >= 15 is 0 Å². The second-order valence-electron chi connectivity index (χ2n) is 9.56. The molecule has 168 valence electrons. The Hall–Kier alpha value is -2.18. The highest BCUT2D eigenvalue weighted by molar-refractivity contribution is 9.10. The number of hydrogen-bond acceptors (Lipinski definition) is 3. The van der Waals surface area contributed by atoms with Crippen LogP contribution in [-0.2, 0) is 22.7 Å². The number of amides is 2. The number of benzene rings is 2. The van der Waals surface area contributed by atoms with Crippen LogP contribution in [-0.4, -0.2) is 58.7 Å². The van der Waals surface area contributed by atoms with Gasteiger partial charge in [0.05, 0.1) is 0 Å². The molecule has 0 spiro atoms. The highest BCUT2D eigenvalue weighted by Crippen LogP contribution is 2.32. The third-order valence-electron chi connectivity index (χ3n) is 7.13. The molecule has 2 bridgehead atoms. The highest BCUT2D eigenvalue weighted by Gasteiger charge is 2.42. The highest BCUT2D eigenvalue weighted by atomic mass is 79.9. The topological polar surface area (TPSA) is 43.9 Å². The number of rotatable bonds is 5. The first-order chi connectivity index (χ1) is 15.6. The van der Waals surface area contributed by atoms with E-state index < -0.39 is 0 Å². The van der Waals surface area contributed by atoms with E-state index in [4.69, 9.17) is 0 Å². The molecule has 2 amide bonds. The van der Waals surface area contributed by atoms with Gasteiger partial charge < -0.3 is 9.80 Å². The molecule has 3 unspecified atom stereocenters. The Labute approximate surface area is 198 Å². The average molecular weight is 496 g/mol. The summed E-state index contributed by atoms with van der Waals surface area (Å²) in [7, 11) is 0. The van der Waals surface area contributed by atoms with Gasteiger partial charge in [-0.2, -0.15) is 0 Å². The van der Waals surface area contributed by atoms with Gasteiger partial charge in [-0.3, -0.25) is 14.5 Å². The molecular formula is C26H30BrN3O2. The van der Waals surface area contributed by atoms with E-state index in [1.807, 2.05) is 24.3 Å². The fourth-order valence-corrected chi connectivity index (χ4v) is 6.16. The van der Waals surface area contributed by atoms with Crippen molar-refractivity contribution in [3.63, 3.8) is 0 Å². The molecular weight excluding hydrogens is 466 g/mol. The fourth-order valence-electron chi connectivity index (χ4n) is 5.75. The van der Waals surface area contributed by atoms with E-state index in [0.29, 0.717) is 31.2 Å². The predicted octanol–water partition coefficient (Wildman–Crippen LogP) is 3.92. The third-order valence-corrected chi connectivity index (χ3v) is 7.90. The molecule has 0 N–H and O–H groups in total. The van der Waals surface area contributed by atoms with Crippen LogP contribution in [0.25, 0.3) is 0 Å². The van der Waals surface area contributed by atoms with Crippen molar-refractivity contribution in [2.24, 2.45) is 11.8 Å². The molecule has 0 saturated carbocycles. The molecule has 3 fully saturated rings. The number of carbonyl (C=O) groups excluding carboxylic acids is 2. The molecule has 3 aliphatic rings. The standard InChI is InChI=1S/C26H30BrN3O2/c27-23-9-5-4-8-22(23)18-30-24(10-11-25(30)31)26(32)29-16-20-12-21(17-29)15-28(14-20)13-19-6-2-1-3-7-19/h1-9,20-21,24H,10-18H2. The molecule has 5 rings (SSSR count). The van der Waals surface area contributed by atoms with Crippen LogP contribution in [0.3, 0.4) is 0 Å². The summed E-state index contributed by atoms with van der Waals surface area (Å²) in [5, 5.41) is 0. The molecule has 3 saturated heterocycles. The van der Waals surface area contributed by atoms with Gasteiger partial charge in [0.2, 0.25) is 11.8 Å². The molecule has 32 heavy (non-hydrogen) atoms. The van der Waals surface area contributed by atoms with E-state index in [-0.39, 0.29) is 17.9 Å². The Kier molecular flexibility index (Phi) is 6.33. The lowest BCUT2D eigenvalue weighted by Gasteiger charge is -2.46. The first kappa shape index (κ1) is 21.7. The zero-order valence-corrected chi connectivity index (χ0v) is 19.9. The maximum absolute atomic E-state index is 13.5. The molecule has 0 aromatic heterocycles. The summed E-state index contributed by atoms with van der Waals surface area (Å²) < 4.78 is 0.983. The van der Waals surface area contributed by atoms with Crippen LogP contribution < -0.4 is 0 Å². The molecule has 0 aliphatic carbocycles. The van der Waals surface area contributed by atoms with Crippen LogP contribution in [0.15, 0.2) is 59.1 Å². The summed E-state index contributed by atoms with van der Waals surface area (Å²) in [6, 6.07) is 18.3. The summed E-state index contributed by atoms with van der Waals surface area (Å²) in [5.41, 5.74) is 2.40. The molecule has 3 atom stereocenters. The normalized spacial score (nSPS) is 25.9. The Balaban J connectivity index is 1.23. The van der Waals surface area contributed by atoms with E-state index in [0.717, 1.165) is 42.8 Å². The molecule has 2 aromatic rings. The Morgan fingerprint density at radius 3 is 2.31 bits per heavy atom. The minimum absolute atomic E-state index is 0.0883. The first-order valence-electron chi connectivity index (χ1n) is 11.6. The van der Waals surface area contributed by atoms with Crippen molar-refractivity contribution in [3.05, 3.63) is 70.2 Å². The van der Waals surface area contributed by atoms with Gasteiger partial charge in [0.15, 0.2) is 0 Å². The quantitative estimate of drug-likeness (QED) is 0.631. The first-order valence-corrected chi connectivity index (χ1v) is 12.4. The smallest absolute Gasteiger partial charge is 0.245 e. The molecule has 3 heterocycles. The van der Waals surface area contributed by atoms with Gasteiger partial charge in [-0.15, -0.1) is 0 Å². The van der Waals surface area contributed by atoms with Crippen LogP contribution in [0.1, 0.15) is 30.4 Å². The van der Waals surface area contributed by atoms with E-state index in [2.05, 4.69) is 56.1 Å². The zero-order valence-electron chi connectivity index (χ0n) is 18.3. The zero-order chi connectivity index (χ0) is 22.1. The molecule has 3 aliphatic heterocycles. The largest absolute Gasteiger partial charge is 0.340 e. The fraction of sp³-hybridized carbons (Fsp3) is 0.462. The number of halogens is 1. The monoisotopic (exact) mass is 495 g/mol. The van der Waals surface area contributed by atoms with Gasteiger partial charge in [0, 0.05) is 50.2 Å². The third kappa shape index (κ3) is 4.62. The van der Waals surface area contributed by atoms with Crippen LogP contribution in [0.4, 0.5) is 0 Å². The van der Waals surface area contributed by atoms with Gasteiger partial charge in [0.1, 0.15) is 6.04 Å². The second-order valence-corrected chi connectivity index (χ2v) is 10.4. The van der Waals surface area contributed by atoms with Crippen molar-refractivity contribution in [2.75, 3.05) is 26.2 Å². The Morgan fingerprint density at radius 1 is 0.906 bits per heavy atom. The van der Waals surface area contributed by atoms with Gasteiger partial charge in [-0.25, -0.2) is 0 Å². The van der Waals surface area contributed by atoms with Gasteiger partial charge in [0.25, 0.3) is 0 Å². The Morgan fingerprint density at radius 2 is 1.59 bits per heavy atom.